The maximum Gasteiger partial charge on any atom is 0.290 e. The fourth-order valence-electron chi connectivity index (χ4n) is 2.31. The van der Waals surface area contributed by atoms with Gasteiger partial charge in [-0.15, -0.1) is 0 Å². The molecule has 0 unspecified atom stereocenters. The van der Waals surface area contributed by atoms with Crippen LogP contribution in [0.3, 0.4) is 0 Å². The Balaban J connectivity index is 0.000000615. The zero-order chi connectivity index (χ0) is 15.6. The quantitative estimate of drug-likeness (QED) is 0.436. The third-order valence-corrected chi connectivity index (χ3v) is 5.92. The van der Waals surface area contributed by atoms with Crippen molar-refractivity contribution in [2.45, 2.75) is 0 Å². The fraction of sp³-hybridized carbons (Fsp3) is 0. The first-order valence-corrected chi connectivity index (χ1v) is 8.48. The van der Waals surface area contributed by atoms with E-state index in [0.29, 0.717) is 0 Å². The Morgan fingerprint density at radius 1 is 0.609 bits per heavy atom. The van der Waals surface area contributed by atoms with E-state index in [4.69, 9.17) is 9.90 Å². The summed E-state index contributed by atoms with van der Waals surface area (Å²) in [6.45, 7) is -0.250. The van der Waals surface area contributed by atoms with Crippen molar-refractivity contribution < 1.29 is 27.0 Å². The Hall–Kier alpha value is -1.92. The second-order valence-corrected chi connectivity index (χ2v) is 7.06. The minimum Gasteiger partial charge on any atom is -0.483 e. The van der Waals surface area contributed by atoms with Crippen LogP contribution in [0.15, 0.2) is 91.0 Å². The number of carbonyl (C=O) groups is 1. The topological polar surface area (TPSA) is 37.3 Å². The molecule has 0 fully saturated rings. The SMILES string of the molecule is O=CO.[Cu].c1ccc([PH+](c2ccccc2)c2ccccc2)cc1. The maximum absolute atomic E-state index is 8.36. The van der Waals surface area contributed by atoms with Gasteiger partial charge >= 0.3 is 0 Å². The molecule has 3 rings (SSSR count). The van der Waals surface area contributed by atoms with Gasteiger partial charge in [0.05, 0.1) is 7.92 Å². The van der Waals surface area contributed by atoms with E-state index in [9.17, 15) is 0 Å². The molecule has 1 radical (unpaired) electrons. The van der Waals surface area contributed by atoms with Crippen molar-refractivity contribution in [1.82, 2.24) is 0 Å². The smallest absolute Gasteiger partial charge is 0.290 e. The average molecular weight is 373 g/mol. The monoisotopic (exact) mass is 372 g/mol. The van der Waals surface area contributed by atoms with Gasteiger partial charge in [-0.2, -0.15) is 0 Å². The van der Waals surface area contributed by atoms with Crippen LogP contribution in [-0.2, 0) is 21.9 Å². The predicted octanol–water partition coefficient (Wildman–Crippen LogP) is 2.88. The van der Waals surface area contributed by atoms with Crippen LogP contribution >= 0.6 is 7.92 Å². The van der Waals surface area contributed by atoms with Gasteiger partial charge in [-0.05, 0) is 36.4 Å². The van der Waals surface area contributed by atoms with Gasteiger partial charge in [-0.3, -0.25) is 4.79 Å². The van der Waals surface area contributed by atoms with Gasteiger partial charge in [0.2, 0.25) is 0 Å². The number of hydrogen-bond acceptors (Lipinski definition) is 1. The van der Waals surface area contributed by atoms with Crippen LogP contribution < -0.4 is 15.9 Å². The first kappa shape index (κ1) is 19.1. The first-order chi connectivity index (χ1) is 10.9. The molecule has 0 aliphatic carbocycles. The van der Waals surface area contributed by atoms with Gasteiger partial charge in [0, 0.05) is 17.1 Å². The summed E-state index contributed by atoms with van der Waals surface area (Å²) in [7, 11) is -0.877. The third kappa shape index (κ3) is 5.65. The molecule has 23 heavy (non-hydrogen) atoms. The maximum atomic E-state index is 8.36. The van der Waals surface area contributed by atoms with Crippen molar-refractivity contribution in [1.29, 1.82) is 0 Å². The Morgan fingerprint density at radius 3 is 1.04 bits per heavy atom. The summed E-state index contributed by atoms with van der Waals surface area (Å²) in [5, 5.41) is 11.2. The Kier molecular flexibility index (Phi) is 8.94. The van der Waals surface area contributed by atoms with Crippen molar-refractivity contribution >= 4 is 30.3 Å². The molecule has 0 amide bonds. The molecular weight excluding hydrogens is 355 g/mol. The van der Waals surface area contributed by atoms with Crippen molar-refractivity contribution in [3.63, 3.8) is 0 Å². The molecule has 0 atom stereocenters. The van der Waals surface area contributed by atoms with Crippen molar-refractivity contribution in [3.05, 3.63) is 91.0 Å². The van der Waals surface area contributed by atoms with Gasteiger partial charge in [0.15, 0.2) is 0 Å². The molecule has 0 aliphatic heterocycles. The second kappa shape index (κ2) is 10.7. The molecule has 3 aromatic carbocycles. The molecule has 0 heterocycles. The molecule has 2 nitrogen and oxygen atoms in total. The molecule has 4 heteroatoms. The molecule has 121 valence electrons. The van der Waals surface area contributed by atoms with E-state index in [-0.39, 0.29) is 23.5 Å². The molecule has 1 N–H and O–H groups in total. The fourth-order valence-corrected chi connectivity index (χ4v) is 4.89. The molecule has 3 aromatic rings. The summed E-state index contributed by atoms with van der Waals surface area (Å²) < 4.78 is 0. The average Bonchev–Trinajstić information content (AvgIpc) is 2.59. The summed E-state index contributed by atoms with van der Waals surface area (Å²) in [5.74, 6) is 0. The van der Waals surface area contributed by atoms with Crippen LogP contribution in [-0.4, -0.2) is 11.6 Å². The second-order valence-electron chi connectivity index (χ2n) is 4.58. The Labute approximate surface area is 148 Å². The van der Waals surface area contributed by atoms with Crippen LogP contribution in [0.2, 0.25) is 0 Å². The van der Waals surface area contributed by atoms with Crippen molar-refractivity contribution in [3.8, 4) is 0 Å². The Bertz CT molecular complexity index is 582. The van der Waals surface area contributed by atoms with Crippen LogP contribution in [0.4, 0.5) is 0 Å². The van der Waals surface area contributed by atoms with Gasteiger partial charge in [-0.25, -0.2) is 0 Å². The van der Waals surface area contributed by atoms with E-state index in [1.54, 1.807) is 0 Å². The summed E-state index contributed by atoms with van der Waals surface area (Å²) in [6, 6.07) is 32.5. The van der Waals surface area contributed by atoms with E-state index >= 15 is 0 Å². The van der Waals surface area contributed by atoms with Gasteiger partial charge in [0.1, 0.15) is 15.9 Å². The molecular formula is C19H18CuO2P+. The van der Waals surface area contributed by atoms with Crippen LogP contribution in [0.25, 0.3) is 0 Å². The van der Waals surface area contributed by atoms with E-state index in [0.717, 1.165) is 0 Å². The summed E-state index contributed by atoms with van der Waals surface area (Å²) in [5.41, 5.74) is 0. The van der Waals surface area contributed by atoms with Crippen LogP contribution in [0, 0.1) is 0 Å². The molecule has 0 saturated heterocycles. The molecule has 0 spiro atoms. The van der Waals surface area contributed by atoms with E-state index in [2.05, 4.69) is 91.0 Å². The normalized spacial score (nSPS) is 9.26. The minimum absolute atomic E-state index is 0. The zero-order valence-electron chi connectivity index (χ0n) is 12.4. The predicted molar refractivity (Wildman–Crippen MR) is 95.2 cm³/mol. The van der Waals surface area contributed by atoms with E-state index in [1.165, 1.54) is 15.9 Å². The number of benzene rings is 3. The Morgan fingerprint density at radius 2 is 0.826 bits per heavy atom. The van der Waals surface area contributed by atoms with E-state index in [1.807, 2.05) is 0 Å². The summed E-state index contributed by atoms with van der Waals surface area (Å²) in [4.78, 5) is 8.36. The number of hydrogen-bond donors (Lipinski definition) is 1. The van der Waals surface area contributed by atoms with Crippen molar-refractivity contribution in [2.24, 2.45) is 0 Å². The zero-order valence-corrected chi connectivity index (χ0v) is 14.3. The summed E-state index contributed by atoms with van der Waals surface area (Å²) in [6.07, 6.45) is 0. The first-order valence-electron chi connectivity index (χ1n) is 6.98. The molecule has 0 aliphatic rings. The molecule has 0 bridgehead atoms. The third-order valence-electron chi connectivity index (χ3n) is 3.19. The molecule has 0 saturated carbocycles. The molecule has 0 aromatic heterocycles. The van der Waals surface area contributed by atoms with Gasteiger partial charge in [-0.1, -0.05) is 54.6 Å². The van der Waals surface area contributed by atoms with E-state index < -0.39 is 7.92 Å². The minimum atomic E-state index is -0.877. The van der Waals surface area contributed by atoms with Crippen molar-refractivity contribution in [2.75, 3.05) is 0 Å². The number of carboxylic acid groups (broad SMARTS) is 1. The van der Waals surface area contributed by atoms with Gasteiger partial charge < -0.3 is 5.11 Å². The number of rotatable bonds is 3. The van der Waals surface area contributed by atoms with Crippen LogP contribution in [0.1, 0.15) is 0 Å². The largest absolute Gasteiger partial charge is 0.483 e. The standard InChI is InChI=1S/C18H15P.CH2O2.Cu/c1-4-10-16(11-5-1)19(17-12-6-2-7-13-17)18-14-8-3-9-15-18;2-1-3;/h1-15H;1H,(H,2,3);/p+1. The van der Waals surface area contributed by atoms with Crippen LogP contribution in [0.5, 0.6) is 0 Å². The summed E-state index contributed by atoms with van der Waals surface area (Å²) >= 11 is 0. The van der Waals surface area contributed by atoms with Gasteiger partial charge in [0.25, 0.3) is 6.47 Å².